The summed E-state index contributed by atoms with van der Waals surface area (Å²) in [6.07, 6.45) is -2.04. The molecule has 1 aromatic rings. The fourth-order valence-electron chi connectivity index (χ4n) is 2.14. The molecular weight excluding hydrogens is 409 g/mol. The van der Waals surface area contributed by atoms with Crippen molar-refractivity contribution >= 4 is 29.6 Å². The van der Waals surface area contributed by atoms with Gasteiger partial charge < -0.3 is 24.7 Å². The average Bonchev–Trinajstić information content (AvgIpc) is 2.57. The third-order valence-corrected chi connectivity index (χ3v) is 4.06. The van der Waals surface area contributed by atoms with E-state index >= 15 is 0 Å². The van der Waals surface area contributed by atoms with Crippen LogP contribution in [0.15, 0.2) is 24.3 Å². The summed E-state index contributed by atoms with van der Waals surface area (Å²) in [5, 5.41) is 14.0. The van der Waals surface area contributed by atoms with E-state index in [2.05, 4.69) is 5.32 Å². The summed E-state index contributed by atoms with van der Waals surface area (Å²) in [6.45, 7) is 8.59. The minimum absolute atomic E-state index is 0. The van der Waals surface area contributed by atoms with Gasteiger partial charge in [0.15, 0.2) is 0 Å². The van der Waals surface area contributed by atoms with E-state index in [1.807, 2.05) is 0 Å². The molecule has 0 saturated heterocycles. The number of carbonyl (C=O) groups excluding carboxylic acids is 3. The van der Waals surface area contributed by atoms with Crippen LogP contribution in [0.4, 0.5) is 4.79 Å². The van der Waals surface area contributed by atoms with Crippen LogP contribution in [0.1, 0.15) is 59.1 Å². The Morgan fingerprint density at radius 1 is 1.10 bits per heavy atom. The number of amides is 1. The molecule has 2 unspecified atom stereocenters. The largest absolute Gasteiger partial charge is 1.00 e. The molecule has 1 amide bonds. The smallest absolute Gasteiger partial charge is 0.550 e. The number of alkyl carbamates (subject to hydrolysis) is 1. The van der Waals surface area contributed by atoms with Gasteiger partial charge in [0.2, 0.25) is 0 Å². The molecule has 0 heterocycles. The first kappa shape index (κ1) is 27.7. The summed E-state index contributed by atoms with van der Waals surface area (Å²) >= 11 is 5.87. The van der Waals surface area contributed by atoms with Crippen molar-refractivity contribution in [2.75, 3.05) is 0 Å². The van der Waals surface area contributed by atoms with Crippen LogP contribution in [0.25, 0.3) is 0 Å². The van der Waals surface area contributed by atoms with Crippen LogP contribution in [0.5, 0.6) is 0 Å². The Morgan fingerprint density at radius 3 is 2.10 bits per heavy atom. The van der Waals surface area contributed by atoms with Crippen LogP contribution in [-0.4, -0.2) is 24.3 Å². The van der Waals surface area contributed by atoms with Crippen molar-refractivity contribution in [3.05, 3.63) is 34.9 Å². The fourth-order valence-corrected chi connectivity index (χ4v) is 2.27. The molecule has 0 fully saturated rings. The van der Waals surface area contributed by atoms with E-state index in [0.29, 0.717) is 10.6 Å². The van der Waals surface area contributed by atoms with Crippen LogP contribution in [0.3, 0.4) is 0 Å². The molecule has 0 aliphatic heterocycles. The molecule has 1 aromatic carbocycles. The van der Waals surface area contributed by atoms with Crippen LogP contribution in [0.2, 0.25) is 5.02 Å². The number of rotatable bonds is 8. The second-order valence-corrected chi connectivity index (χ2v) is 8.27. The Kier molecular flexibility index (Phi) is 11.9. The molecule has 29 heavy (non-hydrogen) atoms. The minimum Gasteiger partial charge on any atom is -0.550 e. The van der Waals surface area contributed by atoms with Crippen molar-refractivity contribution < 1.29 is 58.5 Å². The summed E-state index contributed by atoms with van der Waals surface area (Å²) in [6, 6.07) is 6.01. The van der Waals surface area contributed by atoms with Gasteiger partial charge in [-0.15, -0.1) is 0 Å². The Balaban J connectivity index is 0.00000784. The molecule has 0 bridgehead atoms. The zero-order valence-electron chi connectivity index (χ0n) is 17.8. The first-order valence-corrected chi connectivity index (χ1v) is 9.41. The van der Waals surface area contributed by atoms with Gasteiger partial charge in [0, 0.05) is 16.9 Å². The number of nitrogens with one attached hydrogen (secondary N) is 1. The van der Waals surface area contributed by atoms with Gasteiger partial charge in [0.05, 0.1) is 11.5 Å². The number of carbonyl (C=O) groups is 3. The van der Waals surface area contributed by atoms with Crippen LogP contribution < -0.4 is 40.0 Å². The van der Waals surface area contributed by atoms with Gasteiger partial charge in [-0.05, 0) is 51.3 Å². The topological polar surface area (TPSA) is 105 Å². The van der Waals surface area contributed by atoms with Crippen molar-refractivity contribution in [3.8, 4) is 0 Å². The zero-order valence-corrected chi connectivity index (χ0v) is 20.5. The molecule has 7 nitrogen and oxygen atoms in total. The quantitative estimate of drug-likeness (QED) is 0.355. The normalized spacial score (nSPS) is 13.1. The summed E-state index contributed by atoms with van der Waals surface area (Å²) in [5.41, 5.74) is -0.0804. The van der Waals surface area contributed by atoms with E-state index in [4.69, 9.17) is 21.1 Å². The Hall–Kier alpha value is -1.28. The van der Waals surface area contributed by atoms with Gasteiger partial charge >= 0.3 is 41.6 Å². The van der Waals surface area contributed by atoms with Crippen molar-refractivity contribution in [2.24, 2.45) is 11.3 Å². The SMILES string of the molecule is CC(C)C(OC(=O)NC(CCC(=O)[O-])c1ccc(Cl)cc1)OC(=O)C(C)(C)C.[Na+]. The maximum Gasteiger partial charge on any atom is 1.00 e. The van der Waals surface area contributed by atoms with Gasteiger partial charge in [0.1, 0.15) is 0 Å². The minimum atomic E-state index is -1.23. The monoisotopic (exact) mass is 435 g/mol. The predicted octanol–water partition coefficient (Wildman–Crippen LogP) is 0.213. The number of hydrogen-bond acceptors (Lipinski definition) is 6. The van der Waals surface area contributed by atoms with E-state index in [1.165, 1.54) is 0 Å². The third-order valence-electron chi connectivity index (χ3n) is 3.80. The molecule has 2 atom stereocenters. The molecule has 0 aliphatic rings. The molecule has 0 saturated carbocycles. The molecule has 9 heteroatoms. The molecule has 0 radical (unpaired) electrons. The maximum atomic E-state index is 12.4. The molecule has 0 spiro atoms. The summed E-state index contributed by atoms with van der Waals surface area (Å²) in [4.78, 5) is 35.3. The van der Waals surface area contributed by atoms with Crippen molar-refractivity contribution in [2.45, 2.75) is 59.8 Å². The van der Waals surface area contributed by atoms with Gasteiger partial charge in [0.25, 0.3) is 6.29 Å². The summed E-state index contributed by atoms with van der Waals surface area (Å²) in [5.74, 6) is -1.99. The molecule has 0 aliphatic carbocycles. The van der Waals surface area contributed by atoms with E-state index in [0.717, 1.165) is 0 Å². The van der Waals surface area contributed by atoms with Crippen molar-refractivity contribution in [3.63, 3.8) is 0 Å². The standard InChI is InChI=1S/C20H28ClNO6.Na/c1-12(2)17(27-18(25)20(3,4)5)28-19(26)22-15(10-11-16(23)24)13-6-8-14(21)9-7-13;/h6-9,12,15,17H,10-11H2,1-5H3,(H,22,26)(H,23,24);/q;+1/p-1. The fraction of sp³-hybridized carbons (Fsp3) is 0.550. The number of halogens is 1. The first-order valence-electron chi connectivity index (χ1n) is 9.03. The number of carboxylic acids is 1. The second kappa shape index (κ2) is 12.4. The van der Waals surface area contributed by atoms with Crippen molar-refractivity contribution in [1.29, 1.82) is 0 Å². The van der Waals surface area contributed by atoms with E-state index in [-0.39, 0.29) is 48.3 Å². The Labute approximate surface area is 198 Å². The summed E-state index contributed by atoms with van der Waals surface area (Å²) < 4.78 is 10.6. The van der Waals surface area contributed by atoms with E-state index in [1.54, 1.807) is 58.9 Å². The number of ether oxygens (including phenoxy) is 2. The molecule has 156 valence electrons. The zero-order chi connectivity index (χ0) is 21.5. The summed E-state index contributed by atoms with van der Waals surface area (Å²) in [7, 11) is 0. The first-order chi connectivity index (χ1) is 12.9. The van der Waals surface area contributed by atoms with Gasteiger partial charge in [-0.1, -0.05) is 37.6 Å². The number of hydrogen-bond donors (Lipinski definition) is 1. The third kappa shape index (κ3) is 10.3. The number of esters is 1. The van der Waals surface area contributed by atoms with Crippen molar-refractivity contribution in [1.82, 2.24) is 5.32 Å². The van der Waals surface area contributed by atoms with E-state index < -0.39 is 35.8 Å². The molecule has 1 rings (SSSR count). The van der Waals surface area contributed by atoms with Crippen LogP contribution >= 0.6 is 11.6 Å². The number of aliphatic carboxylic acids is 1. The molecular formula is C20H27ClNNaO6. The number of benzene rings is 1. The predicted molar refractivity (Wildman–Crippen MR) is 102 cm³/mol. The van der Waals surface area contributed by atoms with Gasteiger partial charge in [-0.3, -0.25) is 4.79 Å². The second-order valence-electron chi connectivity index (χ2n) is 7.83. The Bertz CT molecular complexity index is 687. The van der Waals surface area contributed by atoms with Gasteiger partial charge in [-0.2, -0.15) is 0 Å². The molecule has 0 aromatic heterocycles. The van der Waals surface area contributed by atoms with Crippen LogP contribution in [-0.2, 0) is 19.1 Å². The number of carboxylic acid groups (broad SMARTS) is 1. The molecule has 1 N–H and O–H groups in total. The van der Waals surface area contributed by atoms with Crippen LogP contribution in [0, 0.1) is 11.3 Å². The Morgan fingerprint density at radius 2 is 1.66 bits per heavy atom. The maximum absolute atomic E-state index is 12.4. The average molecular weight is 436 g/mol. The van der Waals surface area contributed by atoms with Gasteiger partial charge in [-0.25, -0.2) is 4.79 Å². The van der Waals surface area contributed by atoms with E-state index in [9.17, 15) is 19.5 Å².